The predicted octanol–water partition coefficient (Wildman–Crippen LogP) is 10.5. The molecule has 3 nitrogen and oxygen atoms in total. The molecule has 2 N–H and O–H groups in total. The third-order valence-electron chi connectivity index (χ3n) is 5.72. The van der Waals surface area contributed by atoms with Gasteiger partial charge in [0.15, 0.2) is 0 Å². The first-order valence-electron chi connectivity index (χ1n) is 13.6. The van der Waals surface area contributed by atoms with E-state index in [4.69, 9.17) is 28.5 Å². The minimum atomic E-state index is -0.367. The second kappa shape index (κ2) is 17.8. The lowest BCUT2D eigenvalue weighted by Crippen LogP contribution is -2.27. The van der Waals surface area contributed by atoms with Crippen molar-refractivity contribution >= 4 is 28.9 Å². The molecule has 0 spiro atoms. The van der Waals surface area contributed by atoms with Gasteiger partial charge in [0.1, 0.15) is 11.6 Å². The molecule has 0 aliphatic carbocycles. The number of nitriles is 1. The van der Waals surface area contributed by atoms with Crippen LogP contribution >= 0.6 is 23.2 Å². The molecule has 1 heterocycles. The second-order valence-corrected chi connectivity index (χ2v) is 12.2. The van der Waals surface area contributed by atoms with E-state index in [0.717, 1.165) is 36.3 Å². The molecule has 0 amide bonds. The van der Waals surface area contributed by atoms with Crippen LogP contribution in [0.3, 0.4) is 0 Å². The Balaban J connectivity index is 0.000000429. The number of nitrogens with zero attached hydrogens (tertiary/aromatic N) is 1. The normalized spacial score (nSPS) is 15.6. The van der Waals surface area contributed by atoms with Crippen LogP contribution in [0.2, 0.25) is 10.0 Å². The van der Waals surface area contributed by atoms with Crippen molar-refractivity contribution in [2.45, 2.75) is 73.3 Å². The SMILES string of the molecule is C=C(Nc1ccc(C)cc1CC)C1CC(c2ccc(Cl)cc2F)CN1.CC#N.CC(C)(C)C.Fc1ccccc1Cl. The number of hydrogen-bond donors (Lipinski definition) is 2. The van der Waals surface area contributed by atoms with Crippen LogP contribution in [0.1, 0.15) is 70.6 Å². The van der Waals surface area contributed by atoms with E-state index in [1.807, 2.05) is 0 Å². The summed E-state index contributed by atoms with van der Waals surface area (Å²) in [5.41, 5.74) is 5.78. The summed E-state index contributed by atoms with van der Waals surface area (Å²) in [4.78, 5) is 0. The molecule has 0 bridgehead atoms. The van der Waals surface area contributed by atoms with Crippen LogP contribution in [0.25, 0.3) is 0 Å². The fourth-order valence-corrected chi connectivity index (χ4v) is 4.20. The van der Waals surface area contributed by atoms with Gasteiger partial charge in [-0.25, -0.2) is 8.78 Å². The highest BCUT2D eigenvalue weighted by Gasteiger charge is 2.29. The molecule has 1 fully saturated rings. The zero-order valence-electron chi connectivity index (χ0n) is 25.2. The van der Waals surface area contributed by atoms with Crippen molar-refractivity contribution in [2.75, 3.05) is 11.9 Å². The van der Waals surface area contributed by atoms with Crippen LogP contribution in [-0.2, 0) is 6.42 Å². The van der Waals surface area contributed by atoms with Gasteiger partial charge in [-0.15, -0.1) is 0 Å². The Bertz CT molecular complexity index is 1270. The molecule has 1 saturated heterocycles. The molecular weight excluding hydrogens is 559 g/mol. The zero-order valence-corrected chi connectivity index (χ0v) is 26.7. The lowest BCUT2D eigenvalue weighted by Gasteiger charge is -2.19. The van der Waals surface area contributed by atoms with Gasteiger partial charge in [-0.1, -0.05) is 100 Å². The maximum atomic E-state index is 14.2. The summed E-state index contributed by atoms with van der Waals surface area (Å²) >= 11 is 11.2. The monoisotopic (exact) mass is 601 g/mol. The van der Waals surface area contributed by atoms with E-state index >= 15 is 0 Å². The smallest absolute Gasteiger partial charge is 0.141 e. The zero-order chi connectivity index (χ0) is 31.2. The number of aryl methyl sites for hydroxylation is 2. The van der Waals surface area contributed by atoms with Crippen LogP contribution in [0.15, 0.2) is 72.9 Å². The molecule has 2 unspecified atom stereocenters. The first-order valence-corrected chi connectivity index (χ1v) is 14.4. The number of nitrogens with one attached hydrogen (secondary N) is 2. The third kappa shape index (κ3) is 14.0. The number of anilines is 1. The molecule has 1 aliphatic heterocycles. The molecule has 1 aliphatic rings. The Kier molecular flexibility index (Phi) is 15.7. The van der Waals surface area contributed by atoms with Gasteiger partial charge in [-0.3, -0.25) is 0 Å². The van der Waals surface area contributed by atoms with Crippen molar-refractivity contribution in [1.82, 2.24) is 5.32 Å². The standard InChI is InChI=1S/C21H24ClFN2.C6H4ClF.C5H12.C2H3N/c1-4-15-9-13(2)5-8-20(15)25-14(3)21-10-16(12-24-21)18-7-6-17(22)11-19(18)23;7-5-3-1-2-4-6(5)8;1-5(2,3)4;1-2-3/h5-9,11,16,21,24-25H,3-4,10,12H2,1-2H3;1-4H;1-4H3;1H3. The highest BCUT2D eigenvalue weighted by Crippen LogP contribution is 2.32. The van der Waals surface area contributed by atoms with E-state index in [1.165, 1.54) is 36.2 Å². The Morgan fingerprint density at radius 3 is 2.17 bits per heavy atom. The molecule has 222 valence electrons. The van der Waals surface area contributed by atoms with Gasteiger partial charge in [-0.05, 0) is 66.6 Å². The summed E-state index contributed by atoms with van der Waals surface area (Å²) in [6, 6.07) is 19.3. The van der Waals surface area contributed by atoms with Gasteiger partial charge < -0.3 is 10.6 Å². The Hall–Kier alpha value is -2.91. The molecule has 41 heavy (non-hydrogen) atoms. The van der Waals surface area contributed by atoms with Gasteiger partial charge in [0.2, 0.25) is 0 Å². The summed E-state index contributed by atoms with van der Waals surface area (Å²) in [6.45, 7) is 19.4. The highest BCUT2D eigenvalue weighted by atomic mass is 35.5. The fraction of sp³-hybridized carbons (Fsp3) is 0.382. The average molecular weight is 603 g/mol. The molecule has 2 atom stereocenters. The van der Waals surface area contributed by atoms with Crippen LogP contribution in [-0.4, -0.2) is 12.6 Å². The van der Waals surface area contributed by atoms with E-state index in [0.29, 0.717) is 10.4 Å². The molecular formula is C34H43Cl2F2N3. The van der Waals surface area contributed by atoms with Crippen molar-refractivity contribution in [3.05, 3.63) is 111 Å². The van der Waals surface area contributed by atoms with Crippen molar-refractivity contribution in [1.29, 1.82) is 5.26 Å². The summed E-state index contributed by atoms with van der Waals surface area (Å²) < 4.78 is 26.4. The quantitative estimate of drug-likeness (QED) is 0.306. The van der Waals surface area contributed by atoms with Gasteiger partial charge in [0, 0.05) is 41.8 Å². The topological polar surface area (TPSA) is 47.8 Å². The summed E-state index contributed by atoms with van der Waals surface area (Å²) in [7, 11) is 0. The minimum absolute atomic E-state index is 0.117. The molecule has 7 heteroatoms. The van der Waals surface area contributed by atoms with Crippen molar-refractivity contribution in [3.63, 3.8) is 0 Å². The van der Waals surface area contributed by atoms with Crippen LogP contribution in [0, 0.1) is 35.3 Å². The lowest BCUT2D eigenvalue weighted by molar-refractivity contribution is 0.469. The molecule has 0 aromatic heterocycles. The molecule has 3 aromatic rings. The fourth-order valence-electron chi connectivity index (χ4n) is 3.91. The van der Waals surface area contributed by atoms with Crippen LogP contribution in [0.5, 0.6) is 0 Å². The Labute approximate surface area is 255 Å². The van der Waals surface area contributed by atoms with Gasteiger partial charge >= 0.3 is 0 Å². The first kappa shape index (κ1) is 36.1. The molecule has 0 radical (unpaired) electrons. The van der Waals surface area contributed by atoms with Crippen LogP contribution in [0.4, 0.5) is 14.5 Å². The highest BCUT2D eigenvalue weighted by molar-refractivity contribution is 6.30. The van der Waals surface area contributed by atoms with E-state index < -0.39 is 0 Å². The van der Waals surface area contributed by atoms with E-state index in [9.17, 15) is 8.78 Å². The minimum Gasteiger partial charge on any atom is -0.358 e. The van der Waals surface area contributed by atoms with E-state index in [-0.39, 0.29) is 28.6 Å². The number of halogens is 4. The summed E-state index contributed by atoms with van der Waals surface area (Å²) in [5, 5.41) is 14.8. The molecule has 4 rings (SSSR count). The lowest BCUT2D eigenvalue weighted by atomic mass is 9.95. The number of hydrogen-bond acceptors (Lipinski definition) is 3. The largest absolute Gasteiger partial charge is 0.358 e. The number of rotatable bonds is 5. The summed E-state index contributed by atoms with van der Waals surface area (Å²) in [5.74, 6) is -0.469. The molecule has 0 saturated carbocycles. The van der Waals surface area contributed by atoms with E-state index in [1.54, 1.807) is 30.3 Å². The predicted molar refractivity (Wildman–Crippen MR) is 172 cm³/mol. The van der Waals surface area contributed by atoms with Gasteiger partial charge in [-0.2, -0.15) is 5.26 Å². The number of benzene rings is 3. The maximum Gasteiger partial charge on any atom is 0.141 e. The molecule has 3 aromatic carbocycles. The first-order chi connectivity index (χ1) is 19.2. The van der Waals surface area contributed by atoms with Crippen LogP contribution < -0.4 is 10.6 Å². The van der Waals surface area contributed by atoms with Crippen molar-refractivity contribution in [3.8, 4) is 6.07 Å². The second-order valence-electron chi connectivity index (χ2n) is 11.4. The van der Waals surface area contributed by atoms with E-state index in [2.05, 4.69) is 77.0 Å². The maximum absolute atomic E-state index is 14.2. The average Bonchev–Trinajstić information content (AvgIpc) is 3.37. The van der Waals surface area contributed by atoms with Crippen molar-refractivity contribution < 1.29 is 8.78 Å². The summed E-state index contributed by atoms with van der Waals surface area (Å²) in [6.07, 6.45) is 1.78. The third-order valence-corrected chi connectivity index (χ3v) is 6.26. The van der Waals surface area contributed by atoms with Gasteiger partial charge in [0.25, 0.3) is 0 Å². The van der Waals surface area contributed by atoms with Crippen molar-refractivity contribution in [2.24, 2.45) is 5.41 Å². The Morgan fingerprint density at radius 2 is 1.66 bits per heavy atom. The van der Waals surface area contributed by atoms with Gasteiger partial charge in [0.05, 0.1) is 11.1 Å². The Morgan fingerprint density at radius 1 is 1.05 bits per heavy atom.